The number of halogens is 1. The van der Waals surface area contributed by atoms with Crippen molar-refractivity contribution in [3.05, 3.63) is 48.6 Å². The van der Waals surface area contributed by atoms with E-state index in [2.05, 4.69) is 29.0 Å². The van der Waals surface area contributed by atoms with Crippen molar-refractivity contribution in [1.29, 1.82) is 0 Å². The van der Waals surface area contributed by atoms with Crippen molar-refractivity contribution in [2.75, 3.05) is 11.1 Å². The van der Waals surface area contributed by atoms with Gasteiger partial charge in [-0.15, -0.1) is 16.8 Å². The van der Waals surface area contributed by atoms with Crippen LogP contribution in [-0.2, 0) is 17.8 Å². The summed E-state index contributed by atoms with van der Waals surface area (Å²) in [6, 6.07) is 5.70. The van der Waals surface area contributed by atoms with E-state index in [9.17, 15) is 9.18 Å². The van der Waals surface area contributed by atoms with Crippen LogP contribution in [0.3, 0.4) is 0 Å². The predicted octanol–water partition coefficient (Wildman–Crippen LogP) is 4.85. The Morgan fingerprint density at radius 3 is 2.67 bits per heavy atom. The molecule has 146 valence electrons. The van der Waals surface area contributed by atoms with Crippen molar-refractivity contribution < 1.29 is 9.18 Å². The number of rotatable bonds is 12. The van der Waals surface area contributed by atoms with Crippen LogP contribution in [-0.4, -0.2) is 26.4 Å². The van der Waals surface area contributed by atoms with Crippen LogP contribution in [0.5, 0.6) is 0 Å². The highest BCUT2D eigenvalue weighted by Crippen LogP contribution is 2.19. The van der Waals surface area contributed by atoms with E-state index in [1.807, 2.05) is 10.6 Å². The van der Waals surface area contributed by atoms with E-state index in [-0.39, 0.29) is 17.5 Å². The van der Waals surface area contributed by atoms with Gasteiger partial charge in [0.2, 0.25) is 5.91 Å². The van der Waals surface area contributed by atoms with Crippen molar-refractivity contribution in [2.45, 2.75) is 57.1 Å². The van der Waals surface area contributed by atoms with Gasteiger partial charge in [0.15, 0.2) is 5.16 Å². The average molecular weight is 391 g/mol. The lowest BCUT2D eigenvalue weighted by molar-refractivity contribution is -0.113. The highest BCUT2D eigenvalue weighted by atomic mass is 32.2. The first-order valence-corrected chi connectivity index (χ1v) is 10.3. The SMILES string of the molecule is C=CCn1c(CCCCCCC)nnc1SCC(=O)Nc1ccc(F)cc1. The molecule has 0 saturated heterocycles. The molecule has 1 aromatic heterocycles. The van der Waals surface area contributed by atoms with Crippen LogP contribution in [0.25, 0.3) is 0 Å². The Morgan fingerprint density at radius 1 is 1.22 bits per heavy atom. The summed E-state index contributed by atoms with van der Waals surface area (Å²) in [6.07, 6.45) is 8.72. The fraction of sp³-hybridized carbons (Fsp3) is 0.450. The molecule has 0 unspecified atom stereocenters. The highest BCUT2D eigenvalue weighted by molar-refractivity contribution is 7.99. The summed E-state index contributed by atoms with van der Waals surface area (Å²) in [4.78, 5) is 12.1. The molecule has 1 N–H and O–H groups in total. The number of benzene rings is 1. The van der Waals surface area contributed by atoms with E-state index >= 15 is 0 Å². The van der Waals surface area contributed by atoms with E-state index in [4.69, 9.17) is 0 Å². The minimum atomic E-state index is -0.331. The Morgan fingerprint density at radius 2 is 1.96 bits per heavy atom. The minimum Gasteiger partial charge on any atom is -0.325 e. The summed E-state index contributed by atoms with van der Waals surface area (Å²) in [5.74, 6) is 0.652. The molecule has 0 aliphatic rings. The molecule has 0 spiro atoms. The molecule has 1 amide bonds. The second-order valence-electron chi connectivity index (χ2n) is 6.31. The zero-order chi connectivity index (χ0) is 19.5. The van der Waals surface area contributed by atoms with E-state index in [0.29, 0.717) is 17.4 Å². The molecule has 27 heavy (non-hydrogen) atoms. The van der Waals surface area contributed by atoms with Gasteiger partial charge in [0.05, 0.1) is 5.75 Å². The third-order valence-corrected chi connectivity index (χ3v) is 5.04. The number of aromatic nitrogens is 3. The second kappa shape index (κ2) is 11.5. The third-order valence-electron chi connectivity index (χ3n) is 4.07. The van der Waals surface area contributed by atoms with Gasteiger partial charge in [0, 0.05) is 18.7 Å². The third kappa shape index (κ3) is 7.17. The predicted molar refractivity (Wildman–Crippen MR) is 108 cm³/mol. The zero-order valence-corrected chi connectivity index (χ0v) is 16.6. The molecule has 1 heterocycles. The fourth-order valence-electron chi connectivity index (χ4n) is 2.67. The molecule has 2 aromatic rings. The standard InChI is InChI=1S/C20H27FN4OS/c1-3-5-6-7-8-9-18-23-24-20(25(18)14-4-2)27-15-19(26)22-17-12-10-16(21)11-13-17/h4,10-13H,2-3,5-9,14-15H2,1H3,(H,22,26). The molecule has 1 aromatic carbocycles. The highest BCUT2D eigenvalue weighted by Gasteiger charge is 2.13. The molecular weight excluding hydrogens is 363 g/mol. The number of hydrogen-bond donors (Lipinski definition) is 1. The number of hydrogen-bond acceptors (Lipinski definition) is 4. The number of allylic oxidation sites excluding steroid dienone is 1. The summed E-state index contributed by atoms with van der Waals surface area (Å²) >= 11 is 1.34. The Balaban J connectivity index is 1.88. The number of carbonyl (C=O) groups excluding carboxylic acids is 1. The largest absolute Gasteiger partial charge is 0.325 e. The van der Waals surface area contributed by atoms with Crippen molar-refractivity contribution in [3.8, 4) is 0 Å². The minimum absolute atomic E-state index is 0.166. The van der Waals surface area contributed by atoms with Gasteiger partial charge in [-0.25, -0.2) is 4.39 Å². The first kappa shape index (κ1) is 21.2. The molecule has 0 fully saturated rings. The van der Waals surface area contributed by atoms with E-state index < -0.39 is 0 Å². The summed E-state index contributed by atoms with van der Waals surface area (Å²) in [5.41, 5.74) is 0.572. The van der Waals surface area contributed by atoms with Crippen molar-refractivity contribution >= 4 is 23.4 Å². The van der Waals surface area contributed by atoms with E-state index in [1.165, 1.54) is 61.7 Å². The number of unbranched alkanes of at least 4 members (excludes halogenated alkanes) is 4. The lowest BCUT2D eigenvalue weighted by atomic mass is 10.1. The molecule has 0 bridgehead atoms. The molecule has 0 aliphatic heterocycles. The van der Waals surface area contributed by atoms with Gasteiger partial charge in [-0.05, 0) is 30.7 Å². The van der Waals surface area contributed by atoms with Gasteiger partial charge in [-0.3, -0.25) is 4.79 Å². The fourth-order valence-corrected chi connectivity index (χ4v) is 3.44. The number of amides is 1. The van der Waals surface area contributed by atoms with Gasteiger partial charge in [-0.2, -0.15) is 0 Å². The summed E-state index contributed by atoms with van der Waals surface area (Å²) in [5, 5.41) is 12.0. The van der Waals surface area contributed by atoms with Gasteiger partial charge in [0.1, 0.15) is 11.6 Å². The van der Waals surface area contributed by atoms with Gasteiger partial charge in [0.25, 0.3) is 0 Å². The lowest BCUT2D eigenvalue weighted by Crippen LogP contribution is -2.14. The smallest absolute Gasteiger partial charge is 0.234 e. The van der Waals surface area contributed by atoms with Crippen molar-refractivity contribution in [3.63, 3.8) is 0 Å². The van der Waals surface area contributed by atoms with Crippen LogP contribution in [0, 0.1) is 5.82 Å². The van der Waals surface area contributed by atoms with E-state index in [0.717, 1.165) is 18.7 Å². The Hall–Kier alpha value is -2.15. The Labute approximate surface area is 164 Å². The maximum absolute atomic E-state index is 12.9. The Kier molecular flexibility index (Phi) is 9.04. The van der Waals surface area contributed by atoms with Crippen LogP contribution < -0.4 is 5.32 Å². The van der Waals surface area contributed by atoms with Crippen LogP contribution in [0.4, 0.5) is 10.1 Å². The first-order chi connectivity index (χ1) is 13.1. The topological polar surface area (TPSA) is 59.8 Å². The molecule has 0 radical (unpaired) electrons. The lowest BCUT2D eigenvalue weighted by Gasteiger charge is -2.08. The zero-order valence-electron chi connectivity index (χ0n) is 15.8. The Bertz CT molecular complexity index is 730. The number of aryl methyl sites for hydroxylation is 1. The normalized spacial score (nSPS) is 10.7. The number of nitrogens with zero attached hydrogens (tertiary/aromatic N) is 3. The molecule has 7 heteroatoms. The maximum Gasteiger partial charge on any atom is 0.234 e. The van der Waals surface area contributed by atoms with Crippen LogP contribution in [0.15, 0.2) is 42.1 Å². The molecule has 2 rings (SSSR count). The monoisotopic (exact) mass is 390 g/mol. The van der Waals surface area contributed by atoms with Crippen LogP contribution in [0.2, 0.25) is 0 Å². The quantitative estimate of drug-likeness (QED) is 0.320. The molecular formula is C20H27FN4OS. The summed E-state index contributed by atoms with van der Waals surface area (Å²) in [6.45, 7) is 6.63. The second-order valence-corrected chi connectivity index (χ2v) is 7.25. The van der Waals surface area contributed by atoms with Crippen LogP contribution in [0.1, 0.15) is 44.9 Å². The average Bonchev–Trinajstić information content (AvgIpc) is 3.04. The maximum atomic E-state index is 12.9. The summed E-state index contributed by atoms with van der Waals surface area (Å²) < 4.78 is 14.9. The summed E-state index contributed by atoms with van der Waals surface area (Å²) in [7, 11) is 0. The van der Waals surface area contributed by atoms with Gasteiger partial charge in [-0.1, -0.05) is 50.4 Å². The van der Waals surface area contributed by atoms with E-state index in [1.54, 1.807) is 0 Å². The van der Waals surface area contributed by atoms with Crippen molar-refractivity contribution in [2.24, 2.45) is 0 Å². The molecule has 0 saturated carbocycles. The van der Waals surface area contributed by atoms with Crippen molar-refractivity contribution in [1.82, 2.24) is 14.8 Å². The number of anilines is 1. The number of thioether (sulfide) groups is 1. The molecule has 0 atom stereocenters. The van der Waals surface area contributed by atoms with Gasteiger partial charge < -0.3 is 9.88 Å². The first-order valence-electron chi connectivity index (χ1n) is 9.35. The molecule has 5 nitrogen and oxygen atoms in total. The van der Waals surface area contributed by atoms with Crippen LogP contribution >= 0.6 is 11.8 Å². The molecule has 0 aliphatic carbocycles. The number of carbonyl (C=O) groups is 1. The number of nitrogens with one attached hydrogen (secondary N) is 1. The van der Waals surface area contributed by atoms with Gasteiger partial charge >= 0.3 is 0 Å².